The third-order valence-electron chi connectivity index (χ3n) is 4.76. The predicted molar refractivity (Wildman–Crippen MR) is 96.8 cm³/mol. The molecule has 1 saturated heterocycles. The molecule has 3 rings (SSSR count). The van der Waals surface area contributed by atoms with Gasteiger partial charge in [-0.15, -0.1) is 0 Å². The maximum atomic E-state index is 12.1. The fourth-order valence-electron chi connectivity index (χ4n) is 3.28. The van der Waals surface area contributed by atoms with Crippen LogP contribution in [0.2, 0.25) is 0 Å². The number of nitrogens with one attached hydrogen (secondary N) is 1. The summed E-state index contributed by atoms with van der Waals surface area (Å²) in [6.07, 6.45) is 7.27. The van der Waals surface area contributed by atoms with E-state index in [1.54, 1.807) is 0 Å². The van der Waals surface area contributed by atoms with Crippen LogP contribution in [0.5, 0.6) is 0 Å². The minimum Gasteiger partial charge on any atom is -0.347 e. The van der Waals surface area contributed by atoms with E-state index in [1.165, 1.54) is 44.3 Å². The Morgan fingerprint density at radius 2 is 1.67 bits per heavy atom. The van der Waals surface area contributed by atoms with Crippen LogP contribution in [0.25, 0.3) is 0 Å². The SMILES string of the molecule is Cn1cccc1C(=O)NCc1ccc(CN2CCCCCC2)cc1. The molecule has 1 amide bonds. The summed E-state index contributed by atoms with van der Waals surface area (Å²) in [7, 11) is 1.88. The molecule has 1 N–H and O–H groups in total. The Balaban J connectivity index is 1.51. The van der Waals surface area contributed by atoms with Crippen molar-refractivity contribution in [3.8, 4) is 0 Å². The van der Waals surface area contributed by atoms with Crippen LogP contribution in [0.4, 0.5) is 0 Å². The average Bonchev–Trinajstić information content (AvgIpc) is 2.86. The summed E-state index contributed by atoms with van der Waals surface area (Å²) in [5.74, 6) is -0.0313. The number of rotatable bonds is 5. The molecule has 4 heteroatoms. The molecule has 0 atom stereocenters. The molecule has 0 bridgehead atoms. The number of hydrogen-bond acceptors (Lipinski definition) is 2. The van der Waals surface area contributed by atoms with Crippen LogP contribution in [-0.2, 0) is 20.1 Å². The van der Waals surface area contributed by atoms with E-state index in [4.69, 9.17) is 0 Å². The summed E-state index contributed by atoms with van der Waals surface area (Å²) in [5, 5.41) is 2.98. The van der Waals surface area contributed by atoms with Gasteiger partial charge in [-0.05, 0) is 49.2 Å². The van der Waals surface area contributed by atoms with Gasteiger partial charge in [0.25, 0.3) is 5.91 Å². The van der Waals surface area contributed by atoms with Crippen LogP contribution >= 0.6 is 0 Å². The number of benzene rings is 1. The molecular weight excluding hydrogens is 298 g/mol. The highest BCUT2D eigenvalue weighted by molar-refractivity contribution is 5.92. The van der Waals surface area contributed by atoms with Crippen LogP contribution in [0.3, 0.4) is 0 Å². The van der Waals surface area contributed by atoms with E-state index in [0.717, 1.165) is 12.1 Å². The van der Waals surface area contributed by atoms with Crippen LogP contribution in [0.1, 0.15) is 47.3 Å². The van der Waals surface area contributed by atoms with E-state index >= 15 is 0 Å². The second-order valence-electron chi connectivity index (χ2n) is 6.69. The Kier molecular flexibility index (Phi) is 5.70. The summed E-state index contributed by atoms with van der Waals surface area (Å²) >= 11 is 0. The summed E-state index contributed by atoms with van der Waals surface area (Å²) in [4.78, 5) is 14.7. The lowest BCUT2D eigenvalue weighted by Gasteiger charge is -2.19. The van der Waals surface area contributed by atoms with Gasteiger partial charge in [0.1, 0.15) is 5.69 Å². The Morgan fingerprint density at radius 3 is 2.29 bits per heavy atom. The molecule has 1 aromatic heterocycles. The third-order valence-corrected chi connectivity index (χ3v) is 4.76. The van der Waals surface area contributed by atoms with Gasteiger partial charge in [0.15, 0.2) is 0 Å². The van der Waals surface area contributed by atoms with E-state index < -0.39 is 0 Å². The van der Waals surface area contributed by atoms with Crippen molar-refractivity contribution >= 4 is 5.91 Å². The fraction of sp³-hybridized carbons (Fsp3) is 0.450. The molecule has 24 heavy (non-hydrogen) atoms. The fourth-order valence-corrected chi connectivity index (χ4v) is 3.28. The van der Waals surface area contributed by atoms with E-state index in [0.29, 0.717) is 12.2 Å². The summed E-state index contributed by atoms with van der Waals surface area (Å²) < 4.78 is 1.83. The monoisotopic (exact) mass is 325 g/mol. The highest BCUT2D eigenvalue weighted by Gasteiger charge is 2.10. The third kappa shape index (κ3) is 4.48. The Bertz CT molecular complexity index is 652. The van der Waals surface area contributed by atoms with Crippen LogP contribution in [0.15, 0.2) is 42.6 Å². The Morgan fingerprint density at radius 1 is 1.00 bits per heavy atom. The van der Waals surface area contributed by atoms with Crippen molar-refractivity contribution in [2.45, 2.75) is 38.8 Å². The van der Waals surface area contributed by atoms with E-state index in [2.05, 4.69) is 34.5 Å². The van der Waals surface area contributed by atoms with Gasteiger partial charge in [0, 0.05) is 26.3 Å². The maximum Gasteiger partial charge on any atom is 0.268 e. The molecule has 0 unspecified atom stereocenters. The number of hydrogen-bond donors (Lipinski definition) is 1. The molecule has 0 aliphatic carbocycles. The number of aryl methyl sites for hydroxylation is 1. The van der Waals surface area contributed by atoms with E-state index in [9.17, 15) is 4.79 Å². The van der Waals surface area contributed by atoms with Crippen molar-refractivity contribution in [2.24, 2.45) is 7.05 Å². The first-order chi connectivity index (χ1) is 11.7. The zero-order valence-corrected chi connectivity index (χ0v) is 14.5. The number of carbonyl (C=O) groups excluding carboxylic acids is 1. The molecule has 0 saturated carbocycles. The van der Waals surface area contributed by atoms with E-state index in [-0.39, 0.29) is 5.91 Å². The van der Waals surface area contributed by atoms with Gasteiger partial charge in [0.05, 0.1) is 0 Å². The maximum absolute atomic E-state index is 12.1. The summed E-state index contributed by atoms with van der Waals surface area (Å²) in [6, 6.07) is 12.3. The minimum atomic E-state index is -0.0313. The first-order valence-electron chi connectivity index (χ1n) is 8.92. The van der Waals surface area contributed by atoms with Crippen LogP contribution in [0, 0.1) is 0 Å². The normalized spacial score (nSPS) is 15.9. The molecule has 2 heterocycles. The quantitative estimate of drug-likeness (QED) is 0.915. The molecular formula is C20H27N3O. The Hall–Kier alpha value is -2.07. The second-order valence-corrected chi connectivity index (χ2v) is 6.69. The topological polar surface area (TPSA) is 37.3 Å². The molecule has 0 spiro atoms. The molecule has 2 aromatic rings. The van der Waals surface area contributed by atoms with Crippen molar-refractivity contribution < 1.29 is 4.79 Å². The zero-order chi connectivity index (χ0) is 16.8. The number of carbonyl (C=O) groups is 1. The van der Waals surface area contributed by atoms with Gasteiger partial charge in [-0.25, -0.2) is 0 Å². The molecule has 1 aliphatic rings. The molecule has 1 aromatic carbocycles. The largest absolute Gasteiger partial charge is 0.347 e. The molecule has 128 valence electrons. The molecule has 0 radical (unpaired) electrons. The predicted octanol–water partition coefficient (Wildman–Crippen LogP) is 3.33. The van der Waals surface area contributed by atoms with E-state index in [1.807, 2.05) is 29.9 Å². The molecule has 4 nitrogen and oxygen atoms in total. The second kappa shape index (κ2) is 8.15. The number of nitrogens with zero attached hydrogens (tertiary/aromatic N) is 2. The zero-order valence-electron chi connectivity index (χ0n) is 14.5. The van der Waals surface area contributed by atoms with Crippen molar-refractivity contribution in [2.75, 3.05) is 13.1 Å². The highest BCUT2D eigenvalue weighted by atomic mass is 16.1. The summed E-state index contributed by atoms with van der Waals surface area (Å²) in [5.41, 5.74) is 3.18. The van der Waals surface area contributed by atoms with Gasteiger partial charge in [-0.2, -0.15) is 0 Å². The number of amides is 1. The smallest absolute Gasteiger partial charge is 0.268 e. The average molecular weight is 325 g/mol. The van der Waals surface area contributed by atoms with Crippen LogP contribution in [-0.4, -0.2) is 28.5 Å². The van der Waals surface area contributed by atoms with Crippen LogP contribution < -0.4 is 5.32 Å². The molecule has 1 aliphatic heterocycles. The number of likely N-dealkylation sites (tertiary alicyclic amines) is 1. The van der Waals surface area contributed by atoms with Gasteiger partial charge in [0.2, 0.25) is 0 Å². The van der Waals surface area contributed by atoms with Gasteiger partial charge >= 0.3 is 0 Å². The molecule has 1 fully saturated rings. The van der Waals surface area contributed by atoms with Gasteiger partial charge in [-0.3, -0.25) is 9.69 Å². The minimum absolute atomic E-state index is 0.0313. The van der Waals surface area contributed by atoms with Crippen molar-refractivity contribution in [1.29, 1.82) is 0 Å². The highest BCUT2D eigenvalue weighted by Crippen LogP contribution is 2.14. The number of aromatic nitrogens is 1. The van der Waals surface area contributed by atoms with Gasteiger partial charge in [-0.1, -0.05) is 37.1 Å². The summed E-state index contributed by atoms with van der Waals surface area (Å²) in [6.45, 7) is 4.03. The van der Waals surface area contributed by atoms with Crippen molar-refractivity contribution in [3.05, 3.63) is 59.4 Å². The first-order valence-corrected chi connectivity index (χ1v) is 8.92. The lowest BCUT2D eigenvalue weighted by atomic mass is 10.1. The Labute approximate surface area is 144 Å². The van der Waals surface area contributed by atoms with Crippen molar-refractivity contribution in [3.63, 3.8) is 0 Å². The van der Waals surface area contributed by atoms with Crippen molar-refractivity contribution in [1.82, 2.24) is 14.8 Å². The lowest BCUT2D eigenvalue weighted by Crippen LogP contribution is -2.25. The van der Waals surface area contributed by atoms with Gasteiger partial charge < -0.3 is 9.88 Å². The first kappa shape index (κ1) is 16.8. The lowest BCUT2D eigenvalue weighted by molar-refractivity contribution is 0.0943. The standard InChI is InChI=1S/C20H27N3O/c1-22-12-6-7-19(22)20(24)21-15-17-8-10-18(11-9-17)16-23-13-4-2-3-5-14-23/h6-12H,2-5,13-16H2,1H3,(H,21,24).